The molecule has 31 heavy (non-hydrogen) atoms. The SMILES string of the molecule is CCOc1ccc(-n2c(C)cc(/C=N/NC(=O)CSc3ccc(OC)cc3)c2C)cc1. The highest BCUT2D eigenvalue weighted by atomic mass is 32.2. The van der Waals surface area contributed by atoms with Crippen molar-refractivity contribution in [3.05, 3.63) is 71.5 Å². The number of thioether (sulfide) groups is 1. The largest absolute Gasteiger partial charge is 0.497 e. The van der Waals surface area contributed by atoms with Crippen LogP contribution in [0, 0.1) is 13.8 Å². The molecular weight excluding hydrogens is 410 g/mol. The van der Waals surface area contributed by atoms with Gasteiger partial charge in [0, 0.05) is 27.5 Å². The molecule has 0 saturated heterocycles. The normalized spacial score (nSPS) is 11.0. The number of carbonyl (C=O) groups is 1. The van der Waals surface area contributed by atoms with Crippen LogP contribution in [0.25, 0.3) is 5.69 Å². The molecule has 0 unspecified atom stereocenters. The molecule has 1 amide bonds. The summed E-state index contributed by atoms with van der Waals surface area (Å²) in [5.74, 6) is 1.78. The lowest BCUT2D eigenvalue weighted by Gasteiger charge is -2.10. The quantitative estimate of drug-likeness (QED) is 0.298. The first-order chi connectivity index (χ1) is 15.0. The highest BCUT2D eigenvalue weighted by Gasteiger charge is 2.10. The number of nitrogens with one attached hydrogen (secondary N) is 1. The molecule has 1 N–H and O–H groups in total. The van der Waals surface area contributed by atoms with Crippen LogP contribution in [-0.2, 0) is 4.79 Å². The number of carbonyl (C=O) groups excluding carboxylic acids is 1. The van der Waals surface area contributed by atoms with Gasteiger partial charge in [-0.15, -0.1) is 11.8 Å². The number of methoxy groups -OCH3 is 1. The molecule has 0 aliphatic heterocycles. The smallest absolute Gasteiger partial charge is 0.250 e. The van der Waals surface area contributed by atoms with E-state index in [1.165, 1.54) is 11.8 Å². The lowest BCUT2D eigenvalue weighted by Crippen LogP contribution is -2.19. The van der Waals surface area contributed by atoms with Crippen molar-refractivity contribution in [3.8, 4) is 17.2 Å². The number of aryl methyl sites for hydroxylation is 1. The summed E-state index contributed by atoms with van der Waals surface area (Å²) in [6, 6.07) is 17.6. The molecule has 1 aromatic heterocycles. The van der Waals surface area contributed by atoms with E-state index in [1.54, 1.807) is 13.3 Å². The first-order valence-corrected chi connectivity index (χ1v) is 11.0. The third-order valence-corrected chi connectivity index (χ3v) is 5.71. The Morgan fingerprint density at radius 2 is 1.77 bits per heavy atom. The summed E-state index contributed by atoms with van der Waals surface area (Å²) in [7, 11) is 1.63. The van der Waals surface area contributed by atoms with Crippen LogP contribution in [0.3, 0.4) is 0 Å². The molecule has 0 aliphatic rings. The lowest BCUT2D eigenvalue weighted by molar-refractivity contribution is -0.118. The van der Waals surface area contributed by atoms with Crippen molar-refractivity contribution in [1.82, 2.24) is 9.99 Å². The Labute approximate surface area is 187 Å². The predicted molar refractivity (Wildman–Crippen MR) is 126 cm³/mol. The molecule has 162 valence electrons. The van der Waals surface area contributed by atoms with E-state index >= 15 is 0 Å². The topological polar surface area (TPSA) is 64.8 Å². The molecular formula is C24H27N3O3S. The average Bonchev–Trinajstić information content (AvgIpc) is 3.06. The van der Waals surface area contributed by atoms with E-state index in [2.05, 4.69) is 15.1 Å². The number of nitrogens with zero attached hydrogens (tertiary/aromatic N) is 2. The maximum atomic E-state index is 12.1. The Kier molecular flexibility index (Phi) is 7.78. The fourth-order valence-electron chi connectivity index (χ4n) is 3.20. The summed E-state index contributed by atoms with van der Waals surface area (Å²) >= 11 is 1.45. The third-order valence-electron chi connectivity index (χ3n) is 4.70. The number of aromatic nitrogens is 1. The van der Waals surface area contributed by atoms with Gasteiger partial charge in [-0.3, -0.25) is 4.79 Å². The van der Waals surface area contributed by atoms with E-state index in [0.717, 1.165) is 39.0 Å². The van der Waals surface area contributed by atoms with Crippen LogP contribution in [0.5, 0.6) is 11.5 Å². The zero-order chi connectivity index (χ0) is 22.2. The number of benzene rings is 2. The van der Waals surface area contributed by atoms with Gasteiger partial charge in [-0.25, -0.2) is 5.43 Å². The summed E-state index contributed by atoms with van der Waals surface area (Å²) in [4.78, 5) is 13.1. The minimum Gasteiger partial charge on any atom is -0.497 e. The van der Waals surface area contributed by atoms with Crippen molar-refractivity contribution in [2.45, 2.75) is 25.7 Å². The van der Waals surface area contributed by atoms with Crippen molar-refractivity contribution in [2.24, 2.45) is 5.10 Å². The number of ether oxygens (including phenoxy) is 2. The van der Waals surface area contributed by atoms with Gasteiger partial charge in [0.2, 0.25) is 5.91 Å². The van der Waals surface area contributed by atoms with Crippen molar-refractivity contribution in [1.29, 1.82) is 0 Å². The van der Waals surface area contributed by atoms with Gasteiger partial charge in [0.15, 0.2) is 0 Å². The summed E-state index contributed by atoms with van der Waals surface area (Å²) in [5, 5.41) is 4.14. The van der Waals surface area contributed by atoms with Crippen LogP contribution in [0.4, 0.5) is 0 Å². The molecule has 0 atom stereocenters. The number of amides is 1. The molecule has 0 fully saturated rings. The van der Waals surface area contributed by atoms with Gasteiger partial charge in [-0.1, -0.05) is 0 Å². The summed E-state index contributed by atoms with van der Waals surface area (Å²) in [5.41, 5.74) is 6.74. The van der Waals surface area contributed by atoms with Crippen LogP contribution in [0.15, 0.2) is 64.6 Å². The predicted octanol–water partition coefficient (Wildman–Crippen LogP) is 4.74. The Hall–Kier alpha value is -3.19. The van der Waals surface area contributed by atoms with Gasteiger partial charge in [-0.05, 0) is 75.4 Å². The Morgan fingerprint density at radius 3 is 2.42 bits per heavy atom. The van der Waals surface area contributed by atoms with Crippen molar-refractivity contribution in [2.75, 3.05) is 19.5 Å². The van der Waals surface area contributed by atoms with Crippen molar-refractivity contribution >= 4 is 23.9 Å². The first-order valence-electron chi connectivity index (χ1n) is 10.0. The minimum absolute atomic E-state index is 0.155. The number of rotatable bonds is 9. The van der Waals surface area contributed by atoms with Crippen molar-refractivity contribution < 1.29 is 14.3 Å². The maximum Gasteiger partial charge on any atom is 0.250 e. The van der Waals surface area contributed by atoms with Gasteiger partial charge in [0.05, 0.1) is 25.7 Å². The van der Waals surface area contributed by atoms with Crippen molar-refractivity contribution in [3.63, 3.8) is 0 Å². The second-order valence-electron chi connectivity index (χ2n) is 6.85. The number of hydrogen-bond acceptors (Lipinski definition) is 5. The summed E-state index contributed by atoms with van der Waals surface area (Å²) in [6.45, 7) is 6.69. The first kappa shape index (κ1) is 22.5. The lowest BCUT2D eigenvalue weighted by atomic mass is 10.2. The van der Waals surface area contributed by atoms with Gasteiger partial charge >= 0.3 is 0 Å². The van der Waals surface area contributed by atoms with Crippen LogP contribution in [0.2, 0.25) is 0 Å². The van der Waals surface area contributed by atoms with E-state index in [4.69, 9.17) is 9.47 Å². The number of hydrogen-bond donors (Lipinski definition) is 1. The van der Waals surface area contributed by atoms with Gasteiger partial charge in [-0.2, -0.15) is 5.10 Å². The molecule has 0 radical (unpaired) electrons. The standard InChI is InChI=1S/C24H27N3O3S/c1-5-30-22-8-6-20(7-9-22)27-17(2)14-19(18(27)3)15-25-26-24(28)16-31-23-12-10-21(29-4)11-13-23/h6-15H,5,16H2,1-4H3,(H,26,28)/b25-15+. The second kappa shape index (κ2) is 10.7. The van der Waals surface area contributed by atoms with Gasteiger partial charge < -0.3 is 14.0 Å². The zero-order valence-corrected chi connectivity index (χ0v) is 19.0. The highest BCUT2D eigenvalue weighted by Crippen LogP contribution is 2.23. The zero-order valence-electron chi connectivity index (χ0n) is 18.2. The Bertz CT molecular complexity index is 1040. The van der Waals surface area contributed by atoms with E-state index in [-0.39, 0.29) is 11.7 Å². The fourth-order valence-corrected chi connectivity index (χ4v) is 3.89. The van der Waals surface area contributed by atoms with Crippen LogP contribution < -0.4 is 14.9 Å². The molecule has 3 aromatic rings. The molecule has 0 bridgehead atoms. The second-order valence-corrected chi connectivity index (χ2v) is 7.89. The monoisotopic (exact) mass is 437 g/mol. The molecule has 6 nitrogen and oxygen atoms in total. The van der Waals surface area contributed by atoms with E-state index in [1.807, 2.05) is 75.4 Å². The molecule has 7 heteroatoms. The van der Waals surface area contributed by atoms with Crippen LogP contribution in [0.1, 0.15) is 23.9 Å². The molecule has 0 spiro atoms. The summed E-state index contributed by atoms with van der Waals surface area (Å²) < 4.78 is 12.8. The molecule has 0 aliphatic carbocycles. The van der Waals surface area contributed by atoms with Gasteiger partial charge in [0.25, 0.3) is 0 Å². The van der Waals surface area contributed by atoms with E-state index in [9.17, 15) is 4.79 Å². The van der Waals surface area contributed by atoms with E-state index < -0.39 is 0 Å². The highest BCUT2D eigenvalue weighted by molar-refractivity contribution is 8.00. The van der Waals surface area contributed by atoms with E-state index in [0.29, 0.717) is 6.61 Å². The Balaban J connectivity index is 1.59. The molecule has 1 heterocycles. The Morgan fingerprint density at radius 1 is 1.10 bits per heavy atom. The van der Waals surface area contributed by atoms with Gasteiger partial charge in [0.1, 0.15) is 11.5 Å². The molecule has 3 rings (SSSR count). The minimum atomic E-state index is -0.155. The molecule has 2 aromatic carbocycles. The summed E-state index contributed by atoms with van der Waals surface area (Å²) in [6.07, 6.45) is 1.68. The molecule has 0 saturated carbocycles. The number of hydrazone groups is 1. The van der Waals surface area contributed by atoms with Crippen LogP contribution in [-0.4, -0.2) is 36.2 Å². The van der Waals surface area contributed by atoms with Crippen LogP contribution >= 0.6 is 11.8 Å². The fraction of sp³-hybridized carbons (Fsp3) is 0.250. The average molecular weight is 438 g/mol. The third kappa shape index (κ3) is 5.92. The maximum absolute atomic E-state index is 12.1.